The topological polar surface area (TPSA) is 96.4 Å². The first-order valence-corrected chi connectivity index (χ1v) is 7.03. The number of pyridine rings is 1. The van der Waals surface area contributed by atoms with Crippen molar-refractivity contribution in [1.29, 1.82) is 0 Å². The number of aliphatic carboxylic acids is 1. The van der Waals surface area contributed by atoms with Gasteiger partial charge < -0.3 is 5.11 Å². The van der Waals surface area contributed by atoms with E-state index in [-0.39, 0.29) is 17.9 Å². The fourth-order valence-electron chi connectivity index (χ4n) is 1.23. The molecule has 0 amide bonds. The highest BCUT2D eigenvalue weighted by atomic mass is 32.2. The third kappa shape index (κ3) is 3.71. The van der Waals surface area contributed by atoms with Gasteiger partial charge in [-0.05, 0) is 19.4 Å². The minimum absolute atomic E-state index is 0.256. The highest BCUT2D eigenvalue weighted by Gasteiger charge is 2.32. The molecule has 2 N–H and O–H groups in total. The maximum absolute atomic E-state index is 12.9. The number of carbonyl (C=O) groups is 1. The molecule has 1 aromatic rings. The van der Waals surface area contributed by atoms with Gasteiger partial charge >= 0.3 is 5.97 Å². The van der Waals surface area contributed by atoms with Crippen molar-refractivity contribution in [3.05, 3.63) is 24.3 Å². The van der Waals surface area contributed by atoms with Crippen molar-refractivity contribution in [3.8, 4) is 0 Å². The third-order valence-electron chi connectivity index (χ3n) is 2.94. The van der Waals surface area contributed by atoms with Gasteiger partial charge in [0.05, 0.1) is 11.6 Å². The van der Waals surface area contributed by atoms with Crippen LogP contribution in [0.1, 0.15) is 20.3 Å². The van der Waals surface area contributed by atoms with E-state index in [1.165, 1.54) is 6.92 Å². The molecular weight excluding hydrogens is 275 g/mol. The Morgan fingerprint density at radius 1 is 1.53 bits per heavy atom. The number of aromatic nitrogens is 1. The van der Waals surface area contributed by atoms with E-state index in [1.54, 1.807) is 6.92 Å². The van der Waals surface area contributed by atoms with Crippen LogP contribution in [0.2, 0.25) is 0 Å². The van der Waals surface area contributed by atoms with Gasteiger partial charge in [-0.15, -0.1) is 0 Å². The maximum Gasteiger partial charge on any atom is 0.310 e. The molecule has 1 atom stereocenters. The maximum atomic E-state index is 12.9. The Labute approximate surface area is 110 Å². The van der Waals surface area contributed by atoms with Gasteiger partial charge in [-0.2, -0.15) is 0 Å². The lowest BCUT2D eigenvalue weighted by atomic mass is 9.88. The number of carboxylic acid groups (broad SMARTS) is 1. The lowest BCUT2D eigenvalue weighted by molar-refractivity contribution is -0.147. The number of hydrogen-bond donors (Lipinski definition) is 2. The summed E-state index contributed by atoms with van der Waals surface area (Å²) in [6.07, 6.45) is 2.13. The average molecular weight is 290 g/mol. The molecule has 0 aliphatic heterocycles. The largest absolute Gasteiger partial charge is 0.481 e. The van der Waals surface area contributed by atoms with E-state index in [0.29, 0.717) is 0 Å². The van der Waals surface area contributed by atoms with Gasteiger partial charge in [0.1, 0.15) is 10.7 Å². The molecule has 0 aromatic carbocycles. The van der Waals surface area contributed by atoms with Crippen molar-refractivity contribution in [3.63, 3.8) is 0 Å². The SMILES string of the molecule is CCC(C)(CNS(=O)(=O)c1cncc(F)c1)C(=O)O. The number of carboxylic acids is 1. The summed E-state index contributed by atoms with van der Waals surface area (Å²) < 4.78 is 38.8. The quantitative estimate of drug-likeness (QED) is 0.814. The Morgan fingerprint density at radius 3 is 2.63 bits per heavy atom. The molecule has 0 saturated heterocycles. The van der Waals surface area contributed by atoms with Gasteiger partial charge in [0, 0.05) is 12.7 Å². The van der Waals surface area contributed by atoms with Gasteiger partial charge in [-0.3, -0.25) is 9.78 Å². The highest BCUT2D eigenvalue weighted by Crippen LogP contribution is 2.21. The molecule has 19 heavy (non-hydrogen) atoms. The summed E-state index contributed by atoms with van der Waals surface area (Å²) in [5.41, 5.74) is -1.21. The van der Waals surface area contributed by atoms with Gasteiger partial charge in [0.25, 0.3) is 0 Å². The summed E-state index contributed by atoms with van der Waals surface area (Å²) in [6.45, 7) is 2.80. The van der Waals surface area contributed by atoms with Gasteiger partial charge in [0.2, 0.25) is 10.0 Å². The third-order valence-corrected chi connectivity index (χ3v) is 4.31. The van der Waals surface area contributed by atoms with Crippen LogP contribution in [0, 0.1) is 11.2 Å². The van der Waals surface area contributed by atoms with Crippen molar-refractivity contribution in [2.75, 3.05) is 6.54 Å². The van der Waals surface area contributed by atoms with Crippen LogP contribution in [0.3, 0.4) is 0 Å². The minimum atomic E-state index is -3.98. The monoisotopic (exact) mass is 290 g/mol. The number of halogens is 1. The molecule has 6 nitrogen and oxygen atoms in total. The molecule has 0 saturated carbocycles. The molecule has 1 heterocycles. The van der Waals surface area contributed by atoms with Crippen molar-refractivity contribution in [2.24, 2.45) is 5.41 Å². The van der Waals surface area contributed by atoms with E-state index in [0.717, 1.165) is 18.5 Å². The lowest BCUT2D eigenvalue weighted by Gasteiger charge is -2.23. The number of hydrogen-bond acceptors (Lipinski definition) is 4. The van der Waals surface area contributed by atoms with E-state index in [2.05, 4.69) is 9.71 Å². The molecule has 1 aromatic heterocycles. The number of rotatable bonds is 6. The van der Waals surface area contributed by atoms with Crippen LogP contribution in [0.5, 0.6) is 0 Å². The molecule has 0 fully saturated rings. The first-order chi connectivity index (χ1) is 8.71. The molecule has 0 aliphatic rings. The smallest absolute Gasteiger partial charge is 0.310 e. The van der Waals surface area contributed by atoms with Crippen molar-refractivity contribution in [1.82, 2.24) is 9.71 Å². The van der Waals surface area contributed by atoms with Crippen LogP contribution in [0.15, 0.2) is 23.4 Å². The van der Waals surface area contributed by atoms with Crippen molar-refractivity contribution >= 4 is 16.0 Å². The number of nitrogens with zero attached hydrogens (tertiary/aromatic N) is 1. The molecular formula is C11H15FN2O4S. The Balaban J connectivity index is 2.90. The van der Waals surface area contributed by atoms with Crippen LogP contribution in [0.4, 0.5) is 4.39 Å². The zero-order chi connectivity index (χ0) is 14.7. The summed E-state index contributed by atoms with van der Waals surface area (Å²) in [6, 6.07) is 0.819. The lowest BCUT2D eigenvalue weighted by Crippen LogP contribution is -2.40. The number of nitrogens with one attached hydrogen (secondary N) is 1. The molecule has 8 heteroatoms. The zero-order valence-corrected chi connectivity index (χ0v) is 11.4. The molecule has 0 spiro atoms. The Kier molecular flexibility index (Phi) is 4.59. The van der Waals surface area contributed by atoms with Crippen molar-refractivity contribution in [2.45, 2.75) is 25.2 Å². The van der Waals surface area contributed by atoms with Crippen molar-refractivity contribution < 1.29 is 22.7 Å². The fraction of sp³-hybridized carbons (Fsp3) is 0.455. The van der Waals surface area contributed by atoms with Crippen LogP contribution < -0.4 is 4.72 Å². The van der Waals surface area contributed by atoms with E-state index in [4.69, 9.17) is 5.11 Å². The van der Waals surface area contributed by atoms with Gasteiger partial charge in [-0.25, -0.2) is 17.5 Å². The second-order valence-electron chi connectivity index (χ2n) is 4.38. The van der Waals surface area contributed by atoms with E-state index < -0.39 is 27.2 Å². The Morgan fingerprint density at radius 2 is 2.16 bits per heavy atom. The summed E-state index contributed by atoms with van der Waals surface area (Å²) in [4.78, 5) is 14.2. The van der Waals surface area contributed by atoms with Crippen LogP contribution >= 0.6 is 0 Å². The van der Waals surface area contributed by atoms with E-state index in [9.17, 15) is 17.6 Å². The first-order valence-electron chi connectivity index (χ1n) is 5.55. The average Bonchev–Trinajstić information content (AvgIpc) is 2.36. The minimum Gasteiger partial charge on any atom is -0.481 e. The predicted molar refractivity (Wildman–Crippen MR) is 65.4 cm³/mol. The molecule has 0 bridgehead atoms. The number of sulfonamides is 1. The van der Waals surface area contributed by atoms with Crippen LogP contribution in [0.25, 0.3) is 0 Å². The molecule has 0 aliphatic carbocycles. The fourth-order valence-corrected chi connectivity index (χ4v) is 2.37. The van der Waals surface area contributed by atoms with Gasteiger partial charge in [0.15, 0.2) is 0 Å². The predicted octanol–water partition coefficient (Wildman–Crippen LogP) is 1.000. The Bertz CT molecular complexity index is 576. The van der Waals surface area contributed by atoms with Crippen LogP contribution in [-0.4, -0.2) is 31.0 Å². The highest BCUT2D eigenvalue weighted by molar-refractivity contribution is 7.89. The normalized spacial score (nSPS) is 14.9. The Hall–Kier alpha value is -1.54. The summed E-state index contributed by atoms with van der Waals surface area (Å²) >= 11 is 0. The molecule has 106 valence electrons. The van der Waals surface area contributed by atoms with E-state index in [1.807, 2.05) is 0 Å². The molecule has 0 radical (unpaired) electrons. The van der Waals surface area contributed by atoms with Crippen LogP contribution in [-0.2, 0) is 14.8 Å². The standard InChI is InChI=1S/C11H15FN2O4S/c1-3-11(2,10(15)16)7-14-19(17,18)9-4-8(12)5-13-6-9/h4-6,14H,3,7H2,1-2H3,(H,15,16). The van der Waals surface area contributed by atoms with E-state index >= 15 is 0 Å². The molecule has 1 unspecified atom stereocenters. The first kappa shape index (κ1) is 15.5. The summed E-state index contributed by atoms with van der Waals surface area (Å²) in [7, 11) is -3.98. The second-order valence-corrected chi connectivity index (χ2v) is 6.15. The summed E-state index contributed by atoms with van der Waals surface area (Å²) in [5, 5.41) is 9.04. The second kappa shape index (κ2) is 5.62. The zero-order valence-electron chi connectivity index (χ0n) is 10.6. The summed E-state index contributed by atoms with van der Waals surface area (Å²) in [5.74, 6) is -1.88. The molecule has 1 rings (SSSR count). The van der Waals surface area contributed by atoms with Gasteiger partial charge in [-0.1, -0.05) is 6.92 Å².